The first-order chi connectivity index (χ1) is 10.0. The number of benzene rings is 1. The van der Waals surface area contributed by atoms with Crippen LogP contribution in [0.4, 0.5) is 0 Å². The predicted octanol–water partition coefficient (Wildman–Crippen LogP) is 1.47. The summed E-state index contributed by atoms with van der Waals surface area (Å²) in [6, 6.07) is 8.42. The Morgan fingerprint density at radius 2 is 2.05 bits per heavy atom. The van der Waals surface area contributed by atoms with Gasteiger partial charge in [0.15, 0.2) is 11.4 Å². The van der Waals surface area contributed by atoms with Gasteiger partial charge < -0.3 is 15.4 Å². The van der Waals surface area contributed by atoms with Crippen LogP contribution in [0.3, 0.4) is 0 Å². The van der Waals surface area contributed by atoms with Gasteiger partial charge in [-0.25, -0.2) is 9.78 Å². The van der Waals surface area contributed by atoms with E-state index in [2.05, 4.69) is 15.3 Å². The summed E-state index contributed by atoms with van der Waals surface area (Å²) in [5, 5.41) is 20.3. The number of nitrogens with one attached hydrogen (secondary N) is 2. The molecule has 0 aliphatic rings. The number of nitrogens with zero attached hydrogens (tertiary/aromatic N) is 2. The minimum Gasteiger partial charge on any atom is -0.477 e. The van der Waals surface area contributed by atoms with Gasteiger partial charge >= 0.3 is 5.97 Å². The molecule has 106 valence electrons. The number of aromatic carboxylic acids is 1. The van der Waals surface area contributed by atoms with Crippen LogP contribution in [-0.4, -0.2) is 27.0 Å². The maximum atomic E-state index is 12.0. The van der Waals surface area contributed by atoms with Crippen molar-refractivity contribution in [1.82, 2.24) is 15.3 Å². The number of carboxylic acid groups (broad SMARTS) is 1. The summed E-state index contributed by atoms with van der Waals surface area (Å²) in [5.41, 5.74) is 0.912. The van der Waals surface area contributed by atoms with Crippen LogP contribution in [0.15, 0.2) is 30.6 Å². The number of H-pyrrole nitrogens is 1. The summed E-state index contributed by atoms with van der Waals surface area (Å²) >= 11 is 0. The fourth-order valence-corrected chi connectivity index (χ4v) is 1.82. The van der Waals surface area contributed by atoms with Crippen molar-refractivity contribution >= 4 is 11.9 Å². The highest BCUT2D eigenvalue weighted by Crippen LogP contribution is 2.14. The van der Waals surface area contributed by atoms with Gasteiger partial charge in [0.05, 0.1) is 24.0 Å². The van der Waals surface area contributed by atoms with E-state index in [-0.39, 0.29) is 17.4 Å². The first-order valence-electron chi connectivity index (χ1n) is 6.10. The molecule has 1 atom stereocenters. The summed E-state index contributed by atoms with van der Waals surface area (Å²) in [6.07, 6.45) is 1.16. The van der Waals surface area contributed by atoms with Crippen LogP contribution in [0.2, 0.25) is 0 Å². The van der Waals surface area contributed by atoms with Crippen molar-refractivity contribution in [3.63, 3.8) is 0 Å². The topological polar surface area (TPSA) is 119 Å². The van der Waals surface area contributed by atoms with E-state index in [9.17, 15) is 9.59 Å². The third-order valence-electron chi connectivity index (χ3n) is 2.96. The zero-order chi connectivity index (χ0) is 15.4. The zero-order valence-corrected chi connectivity index (χ0v) is 11.1. The van der Waals surface area contributed by atoms with Gasteiger partial charge in [-0.15, -0.1) is 0 Å². The van der Waals surface area contributed by atoms with Crippen LogP contribution >= 0.6 is 0 Å². The van der Waals surface area contributed by atoms with Gasteiger partial charge in [0.1, 0.15) is 0 Å². The van der Waals surface area contributed by atoms with E-state index in [4.69, 9.17) is 10.4 Å². The number of carbonyl (C=O) groups excluding carboxylic acids is 1. The Hall–Kier alpha value is -3.14. The third kappa shape index (κ3) is 3.06. The highest BCUT2D eigenvalue weighted by Gasteiger charge is 2.21. The first-order valence-corrected chi connectivity index (χ1v) is 6.10. The molecule has 1 amide bonds. The Balaban J connectivity index is 2.13. The number of imidazole rings is 1. The van der Waals surface area contributed by atoms with Crippen molar-refractivity contribution < 1.29 is 14.7 Å². The molecule has 0 saturated carbocycles. The molecule has 0 saturated heterocycles. The number of nitriles is 1. The molecule has 0 bridgehead atoms. The molecule has 0 fully saturated rings. The van der Waals surface area contributed by atoms with Crippen LogP contribution in [0.5, 0.6) is 0 Å². The standard InChI is InChI=1S/C14H12N4O3/c1-8(10-4-2-9(6-15)3-5-10)18-13(19)11-12(14(20)21)17-7-16-11/h2-5,7-8H,1H3,(H,16,17)(H,18,19)(H,20,21). The SMILES string of the molecule is CC(NC(=O)c1nc[nH]c1C(=O)O)c1ccc(C#N)cc1. The smallest absolute Gasteiger partial charge is 0.354 e. The third-order valence-corrected chi connectivity index (χ3v) is 2.96. The molecule has 2 aromatic rings. The van der Waals surface area contributed by atoms with E-state index in [1.165, 1.54) is 0 Å². The molecule has 3 N–H and O–H groups in total. The van der Waals surface area contributed by atoms with Crippen molar-refractivity contribution in [2.45, 2.75) is 13.0 Å². The van der Waals surface area contributed by atoms with Crippen molar-refractivity contribution in [2.75, 3.05) is 0 Å². The minimum atomic E-state index is -1.25. The van der Waals surface area contributed by atoms with Gasteiger partial charge in [0.25, 0.3) is 5.91 Å². The highest BCUT2D eigenvalue weighted by molar-refractivity contribution is 6.02. The first kappa shape index (κ1) is 14.3. The molecule has 1 aromatic heterocycles. The fraction of sp³-hybridized carbons (Fsp3) is 0.143. The van der Waals surface area contributed by atoms with Crippen LogP contribution in [0, 0.1) is 11.3 Å². The van der Waals surface area contributed by atoms with E-state index in [1.807, 2.05) is 6.07 Å². The van der Waals surface area contributed by atoms with Crippen molar-refractivity contribution in [2.24, 2.45) is 0 Å². The molecule has 7 nitrogen and oxygen atoms in total. The second-order valence-electron chi connectivity index (χ2n) is 4.36. The Labute approximate surface area is 120 Å². The molecular formula is C14H12N4O3. The lowest BCUT2D eigenvalue weighted by atomic mass is 10.1. The second kappa shape index (κ2) is 5.88. The lowest BCUT2D eigenvalue weighted by Gasteiger charge is -2.13. The van der Waals surface area contributed by atoms with Gasteiger partial charge in [0, 0.05) is 0 Å². The molecule has 0 aliphatic carbocycles. The van der Waals surface area contributed by atoms with E-state index in [1.54, 1.807) is 31.2 Å². The number of hydrogen-bond acceptors (Lipinski definition) is 4. The predicted molar refractivity (Wildman–Crippen MR) is 72.6 cm³/mol. The molecule has 1 aromatic carbocycles. The molecule has 0 radical (unpaired) electrons. The van der Waals surface area contributed by atoms with Crippen molar-refractivity contribution in [1.29, 1.82) is 5.26 Å². The number of amides is 1. The second-order valence-corrected chi connectivity index (χ2v) is 4.36. The molecular weight excluding hydrogens is 272 g/mol. The van der Waals surface area contributed by atoms with Crippen LogP contribution in [-0.2, 0) is 0 Å². The number of carboxylic acids is 1. The fourth-order valence-electron chi connectivity index (χ4n) is 1.82. The molecule has 0 aliphatic heterocycles. The molecule has 7 heteroatoms. The summed E-state index contributed by atoms with van der Waals surface area (Å²) in [7, 11) is 0. The van der Waals surface area contributed by atoms with Gasteiger partial charge in [-0.1, -0.05) is 12.1 Å². The molecule has 1 heterocycles. The highest BCUT2D eigenvalue weighted by atomic mass is 16.4. The number of hydrogen-bond donors (Lipinski definition) is 3. The monoisotopic (exact) mass is 284 g/mol. The van der Waals surface area contributed by atoms with Gasteiger partial charge in [-0.3, -0.25) is 4.79 Å². The van der Waals surface area contributed by atoms with Crippen molar-refractivity contribution in [3.05, 3.63) is 53.1 Å². The Morgan fingerprint density at radius 3 is 2.62 bits per heavy atom. The number of aromatic nitrogens is 2. The molecule has 1 unspecified atom stereocenters. The van der Waals surface area contributed by atoms with Crippen LogP contribution in [0.1, 0.15) is 45.1 Å². The van der Waals surface area contributed by atoms with Gasteiger partial charge in [0.2, 0.25) is 0 Å². The van der Waals surface area contributed by atoms with E-state index in [0.29, 0.717) is 5.56 Å². The van der Waals surface area contributed by atoms with Crippen LogP contribution < -0.4 is 5.32 Å². The number of aromatic amines is 1. The molecule has 21 heavy (non-hydrogen) atoms. The zero-order valence-electron chi connectivity index (χ0n) is 11.1. The summed E-state index contributed by atoms with van der Waals surface area (Å²) in [6.45, 7) is 1.76. The summed E-state index contributed by atoms with van der Waals surface area (Å²) in [5.74, 6) is -1.82. The largest absolute Gasteiger partial charge is 0.477 e. The normalized spacial score (nSPS) is 11.4. The number of carbonyl (C=O) groups is 2. The molecule has 2 rings (SSSR count). The number of rotatable bonds is 4. The maximum absolute atomic E-state index is 12.0. The lowest BCUT2D eigenvalue weighted by Crippen LogP contribution is -2.28. The average molecular weight is 284 g/mol. The van der Waals surface area contributed by atoms with Gasteiger partial charge in [-0.2, -0.15) is 5.26 Å². The Morgan fingerprint density at radius 1 is 1.38 bits per heavy atom. The Kier molecular flexibility index (Phi) is 4.00. The van der Waals surface area contributed by atoms with Crippen LogP contribution in [0.25, 0.3) is 0 Å². The van der Waals surface area contributed by atoms with E-state index < -0.39 is 11.9 Å². The van der Waals surface area contributed by atoms with E-state index >= 15 is 0 Å². The Bertz CT molecular complexity index is 713. The van der Waals surface area contributed by atoms with E-state index in [0.717, 1.165) is 11.9 Å². The molecule has 0 spiro atoms. The minimum absolute atomic E-state index is 0.164. The lowest BCUT2D eigenvalue weighted by molar-refractivity contribution is 0.0684. The van der Waals surface area contributed by atoms with Crippen molar-refractivity contribution in [3.8, 4) is 6.07 Å². The maximum Gasteiger partial charge on any atom is 0.354 e. The average Bonchev–Trinajstić information content (AvgIpc) is 2.97. The summed E-state index contributed by atoms with van der Waals surface area (Å²) < 4.78 is 0. The van der Waals surface area contributed by atoms with Gasteiger partial charge in [-0.05, 0) is 24.6 Å². The summed E-state index contributed by atoms with van der Waals surface area (Å²) in [4.78, 5) is 29.1. The quantitative estimate of drug-likeness (QED) is 0.785.